The van der Waals surface area contributed by atoms with Crippen molar-refractivity contribution in [3.8, 4) is 0 Å². The minimum atomic E-state index is -1.75. The Balaban J connectivity index is 1.90. The fourth-order valence-corrected chi connectivity index (χ4v) is 4.71. The summed E-state index contributed by atoms with van der Waals surface area (Å²) < 4.78 is 0.854. The van der Waals surface area contributed by atoms with Crippen LogP contribution >= 0.6 is 15.9 Å². The smallest absolute Gasteiger partial charge is 0.320 e. The number of hydrogen-bond donors (Lipinski definition) is 3. The summed E-state index contributed by atoms with van der Waals surface area (Å²) in [6.07, 6.45) is 3.90. The summed E-state index contributed by atoms with van der Waals surface area (Å²) in [4.78, 5) is 38.0. The van der Waals surface area contributed by atoms with Crippen molar-refractivity contribution in [2.45, 2.75) is 52.4 Å². The monoisotopic (exact) mass is 502 g/mol. The first-order chi connectivity index (χ1) is 15.0. The number of Topliss-reactive ketones (excluding diaryl/α,β-unsaturated/α-hetero) is 1. The molecule has 0 aromatic heterocycles. The number of benzene rings is 1. The Hall–Kier alpha value is -2.74. The van der Waals surface area contributed by atoms with Crippen LogP contribution in [0.4, 0.5) is 0 Å². The number of carbonyl (C=O) groups excluding carboxylic acids is 2. The summed E-state index contributed by atoms with van der Waals surface area (Å²) in [5.41, 5.74) is 2.02. The van der Waals surface area contributed by atoms with Crippen molar-refractivity contribution in [1.29, 1.82) is 0 Å². The highest BCUT2D eigenvalue weighted by molar-refractivity contribution is 9.10. The molecule has 3 rings (SSSR count). The van der Waals surface area contributed by atoms with Gasteiger partial charge in [0.15, 0.2) is 11.2 Å². The molecule has 170 valence electrons. The lowest BCUT2D eigenvalue weighted by Gasteiger charge is -2.38. The number of aliphatic hydroxyl groups excluding tert-OH is 1. The Morgan fingerprint density at radius 1 is 1.22 bits per heavy atom. The van der Waals surface area contributed by atoms with E-state index in [0.717, 1.165) is 21.8 Å². The van der Waals surface area contributed by atoms with E-state index in [-0.39, 0.29) is 35.4 Å². The summed E-state index contributed by atoms with van der Waals surface area (Å²) >= 11 is 3.38. The van der Waals surface area contributed by atoms with Gasteiger partial charge < -0.3 is 10.2 Å². The maximum absolute atomic E-state index is 13.2. The number of aliphatic hydroxyl groups is 1. The second kappa shape index (κ2) is 9.02. The van der Waals surface area contributed by atoms with Crippen LogP contribution in [0.15, 0.2) is 56.8 Å². The normalized spacial score (nSPS) is 25.6. The van der Waals surface area contributed by atoms with E-state index in [0.29, 0.717) is 12.8 Å². The standard InChI is InChI=1S/C24H27BrN2O5/c1-14-8-9-24(22(31)32,18(10-14)15-4-6-16(25)7-5-15)21(30)27-26-13-17-19(28)11-23(2,3)12-20(17)29/h4-8,13,18,28H,9-12H2,1-3H3,(H,27,30)(H,31,32)/b26-13+/t18-,24+/m1/s1. The van der Waals surface area contributed by atoms with Crippen molar-refractivity contribution >= 4 is 39.8 Å². The molecular formula is C24H27BrN2O5. The molecule has 0 saturated carbocycles. The van der Waals surface area contributed by atoms with Gasteiger partial charge in [0.2, 0.25) is 0 Å². The number of carboxylic acids is 1. The average Bonchev–Trinajstić information content (AvgIpc) is 2.69. The number of aliphatic carboxylic acids is 1. The number of ketones is 1. The van der Waals surface area contributed by atoms with Crippen LogP contribution in [-0.4, -0.2) is 34.1 Å². The zero-order valence-electron chi connectivity index (χ0n) is 18.3. The largest absolute Gasteiger partial charge is 0.511 e. The topological polar surface area (TPSA) is 116 Å². The number of hydrazone groups is 1. The fraction of sp³-hybridized carbons (Fsp3) is 0.417. The number of allylic oxidation sites excluding steroid dienone is 4. The maximum atomic E-state index is 13.2. The van der Waals surface area contributed by atoms with Gasteiger partial charge in [-0.1, -0.05) is 53.6 Å². The van der Waals surface area contributed by atoms with Crippen LogP contribution in [0.3, 0.4) is 0 Å². The number of rotatable bonds is 5. The van der Waals surface area contributed by atoms with E-state index in [1.165, 1.54) is 0 Å². The van der Waals surface area contributed by atoms with Crippen LogP contribution in [0.25, 0.3) is 0 Å². The van der Waals surface area contributed by atoms with Gasteiger partial charge in [-0.3, -0.25) is 14.4 Å². The third-order valence-corrected chi connectivity index (χ3v) is 6.74. The Bertz CT molecular complexity index is 1040. The van der Waals surface area contributed by atoms with E-state index >= 15 is 0 Å². The van der Waals surface area contributed by atoms with Gasteiger partial charge in [-0.05, 0) is 42.9 Å². The molecule has 2 atom stereocenters. The Kier molecular flexibility index (Phi) is 6.74. The molecule has 0 spiro atoms. The molecule has 0 heterocycles. The first-order valence-electron chi connectivity index (χ1n) is 10.4. The predicted molar refractivity (Wildman–Crippen MR) is 124 cm³/mol. The fourth-order valence-electron chi connectivity index (χ4n) is 4.44. The lowest BCUT2D eigenvalue weighted by molar-refractivity contribution is -0.158. The molecule has 2 aliphatic carbocycles. The first kappa shape index (κ1) is 23.9. The number of carbonyl (C=O) groups is 3. The highest BCUT2D eigenvalue weighted by atomic mass is 79.9. The molecule has 1 aromatic rings. The molecule has 0 aliphatic heterocycles. The van der Waals surface area contributed by atoms with E-state index in [1.807, 2.05) is 45.0 Å². The van der Waals surface area contributed by atoms with Crippen LogP contribution in [0.5, 0.6) is 0 Å². The van der Waals surface area contributed by atoms with Gasteiger partial charge in [0.1, 0.15) is 5.76 Å². The molecule has 2 aliphatic rings. The van der Waals surface area contributed by atoms with Crippen molar-refractivity contribution in [2.75, 3.05) is 0 Å². The molecule has 7 nitrogen and oxygen atoms in total. The highest BCUT2D eigenvalue weighted by Crippen LogP contribution is 2.47. The van der Waals surface area contributed by atoms with Crippen LogP contribution in [0.2, 0.25) is 0 Å². The van der Waals surface area contributed by atoms with Crippen molar-refractivity contribution in [3.63, 3.8) is 0 Å². The Morgan fingerprint density at radius 3 is 2.47 bits per heavy atom. The van der Waals surface area contributed by atoms with Crippen LogP contribution in [0, 0.1) is 10.8 Å². The first-order valence-corrected chi connectivity index (χ1v) is 11.2. The molecule has 0 bridgehead atoms. The van der Waals surface area contributed by atoms with Crippen molar-refractivity contribution in [2.24, 2.45) is 15.9 Å². The molecule has 0 radical (unpaired) electrons. The van der Waals surface area contributed by atoms with Crippen LogP contribution in [0.1, 0.15) is 57.9 Å². The van der Waals surface area contributed by atoms with Gasteiger partial charge in [0.25, 0.3) is 5.91 Å². The van der Waals surface area contributed by atoms with Gasteiger partial charge in [-0.15, -0.1) is 0 Å². The third-order valence-electron chi connectivity index (χ3n) is 6.21. The van der Waals surface area contributed by atoms with Crippen molar-refractivity contribution < 1.29 is 24.6 Å². The molecule has 3 N–H and O–H groups in total. The number of nitrogens with one attached hydrogen (secondary N) is 1. The molecule has 8 heteroatoms. The van der Waals surface area contributed by atoms with Crippen molar-refractivity contribution in [1.82, 2.24) is 5.43 Å². The quantitative estimate of drug-likeness (QED) is 0.234. The Labute approximate surface area is 195 Å². The Morgan fingerprint density at radius 2 is 1.88 bits per heavy atom. The molecule has 0 fully saturated rings. The second-order valence-electron chi connectivity index (χ2n) is 9.34. The van der Waals surface area contributed by atoms with Gasteiger partial charge in [0.05, 0.1) is 11.8 Å². The van der Waals surface area contributed by atoms with Gasteiger partial charge >= 0.3 is 5.97 Å². The molecular weight excluding hydrogens is 476 g/mol. The average molecular weight is 503 g/mol. The summed E-state index contributed by atoms with van der Waals surface area (Å²) in [7, 11) is 0. The van der Waals surface area contributed by atoms with Crippen molar-refractivity contribution in [3.05, 3.63) is 57.3 Å². The minimum Gasteiger partial charge on any atom is -0.511 e. The molecule has 1 amide bonds. The molecule has 32 heavy (non-hydrogen) atoms. The summed E-state index contributed by atoms with van der Waals surface area (Å²) in [5.74, 6) is -2.94. The zero-order valence-corrected chi connectivity index (χ0v) is 19.9. The third kappa shape index (κ3) is 4.70. The minimum absolute atomic E-state index is 0.0251. The van der Waals surface area contributed by atoms with E-state index in [1.54, 1.807) is 6.08 Å². The SMILES string of the molecule is CC1=CC[C@@](C(=O)O)(C(=O)N/N=C/C2=C(O)CC(C)(C)CC2=O)[C@@H](c2ccc(Br)cc2)C1. The van der Waals surface area contributed by atoms with Crippen LogP contribution in [-0.2, 0) is 14.4 Å². The number of halogens is 1. The molecule has 0 saturated heterocycles. The number of hydrogen-bond acceptors (Lipinski definition) is 5. The number of amides is 1. The van der Waals surface area contributed by atoms with Crippen LogP contribution < -0.4 is 5.43 Å². The van der Waals surface area contributed by atoms with Gasteiger partial charge in [0, 0.05) is 23.2 Å². The van der Waals surface area contributed by atoms with E-state index < -0.39 is 23.2 Å². The van der Waals surface area contributed by atoms with Gasteiger partial charge in [-0.25, -0.2) is 5.43 Å². The summed E-state index contributed by atoms with van der Waals surface area (Å²) in [6, 6.07) is 7.26. The van der Waals surface area contributed by atoms with E-state index in [4.69, 9.17) is 0 Å². The number of carboxylic acid groups (broad SMARTS) is 1. The second-order valence-corrected chi connectivity index (χ2v) is 10.3. The lowest BCUT2D eigenvalue weighted by Crippen LogP contribution is -2.50. The van der Waals surface area contributed by atoms with E-state index in [9.17, 15) is 24.6 Å². The molecule has 1 aromatic carbocycles. The zero-order chi connectivity index (χ0) is 23.7. The maximum Gasteiger partial charge on any atom is 0.320 e. The molecule has 0 unspecified atom stereocenters. The number of nitrogens with zero attached hydrogens (tertiary/aromatic N) is 1. The van der Waals surface area contributed by atoms with E-state index in [2.05, 4.69) is 26.5 Å². The lowest BCUT2D eigenvalue weighted by atomic mass is 9.64. The van der Waals surface area contributed by atoms with Gasteiger partial charge in [-0.2, -0.15) is 5.10 Å². The summed E-state index contributed by atoms with van der Waals surface area (Å²) in [6.45, 7) is 5.68. The summed E-state index contributed by atoms with van der Waals surface area (Å²) in [5, 5.41) is 24.2. The predicted octanol–water partition coefficient (Wildman–Crippen LogP) is 4.65. The highest BCUT2D eigenvalue weighted by Gasteiger charge is 2.53.